The summed E-state index contributed by atoms with van der Waals surface area (Å²) in [6, 6.07) is 15.8. The van der Waals surface area contributed by atoms with Crippen LogP contribution in [0.1, 0.15) is 27.0 Å². The van der Waals surface area contributed by atoms with Crippen LogP contribution in [0.25, 0.3) is 0 Å². The minimum Gasteiger partial charge on any atom is -0.465 e. The van der Waals surface area contributed by atoms with E-state index in [1.54, 1.807) is 25.1 Å². The van der Waals surface area contributed by atoms with Gasteiger partial charge in [-0.3, -0.25) is 4.72 Å². The standard InChI is InChI=1S/C23H20F3NO4S2/c1-15-7-12-19(13-20(15)22(28)31-2)33(29,30)27-17-8-10-18(11-9-17)32-14-16-5-3-4-6-21(16)23(24,25)26/h3-13,27H,14H2,1-2H3. The number of hydrogen-bond donors (Lipinski definition) is 1. The quantitative estimate of drug-likeness (QED) is 0.327. The molecule has 0 atom stereocenters. The van der Waals surface area contributed by atoms with Gasteiger partial charge in [0.2, 0.25) is 0 Å². The molecule has 3 aromatic carbocycles. The zero-order valence-electron chi connectivity index (χ0n) is 17.6. The van der Waals surface area contributed by atoms with Crippen molar-refractivity contribution in [2.24, 2.45) is 0 Å². The Morgan fingerprint density at radius 2 is 1.70 bits per heavy atom. The van der Waals surface area contributed by atoms with Gasteiger partial charge in [0.05, 0.1) is 23.1 Å². The number of alkyl halides is 3. The maximum atomic E-state index is 13.1. The second-order valence-corrected chi connectivity index (χ2v) is 9.77. The van der Waals surface area contributed by atoms with E-state index in [1.165, 1.54) is 61.3 Å². The summed E-state index contributed by atoms with van der Waals surface area (Å²) in [6.45, 7) is 1.67. The van der Waals surface area contributed by atoms with Crippen molar-refractivity contribution in [3.8, 4) is 0 Å². The second kappa shape index (κ2) is 9.88. The van der Waals surface area contributed by atoms with Gasteiger partial charge in [-0.15, -0.1) is 11.8 Å². The van der Waals surface area contributed by atoms with E-state index in [-0.39, 0.29) is 27.5 Å². The molecule has 0 aliphatic rings. The molecule has 0 amide bonds. The first-order chi connectivity index (χ1) is 15.5. The number of anilines is 1. The summed E-state index contributed by atoms with van der Waals surface area (Å²) in [6.07, 6.45) is -4.43. The summed E-state index contributed by atoms with van der Waals surface area (Å²) in [5, 5.41) is 0. The highest BCUT2D eigenvalue weighted by atomic mass is 32.2. The van der Waals surface area contributed by atoms with E-state index < -0.39 is 27.7 Å². The lowest BCUT2D eigenvalue weighted by Gasteiger charge is -2.13. The van der Waals surface area contributed by atoms with Gasteiger partial charge in [-0.2, -0.15) is 13.2 Å². The number of carbonyl (C=O) groups is 1. The van der Waals surface area contributed by atoms with Gasteiger partial charge in [-0.25, -0.2) is 13.2 Å². The molecule has 0 radical (unpaired) electrons. The normalized spacial score (nSPS) is 11.8. The van der Waals surface area contributed by atoms with Crippen LogP contribution in [0.4, 0.5) is 18.9 Å². The van der Waals surface area contributed by atoms with Crippen molar-refractivity contribution in [1.29, 1.82) is 0 Å². The molecule has 3 aromatic rings. The summed E-state index contributed by atoms with van der Waals surface area (Å²) in [4.78, 5) is 12.4. The summed E-state index contributed by atoms with van der Waals surface area (Å²) in [7, 11) is -2.76. The number of thioether (sulfide) groups is 1. The number of sulfonamides is 1. The zero-order chi connectivity index (χ0) is 24.2. The maximum Gasteiger partial charge on any atom is 0.416 e. The molecular formula is C23H20F3NO4S2. The Hall–Kier alpha value is -2.98. The molecule has 0 saturated carbocycles. The molecule has 0 heterocycles. The smallest absolute Gasteiger partial charge is 0.416 e. The Balaban J connectivity index is 1.72. The molecular weight excluding hydrogens is 475 g/mol. The Bertz CT molecular complexity index is 1260. The van der Waals surface area contributed by atoms with Crippen molar-refractivity contribution < 1.29 is 31.1 Å². The van der Waals surface area contributed by atoms with E-state index >= 15 is 0 Å². The number of ether oxygens (including phenoxy) is 1. The van der Waals surface area contributed by atoms with Gasteiger partial charge in [0.15, 0.2) is 0 Å². The zero-order valence-corrected chi connectivity index (χ0v) is 19.3. The summed E-state index contributed by atoms with van der Waals surface area (Å²) >= 11 is 1.21. The first kappa shape index (κ1) is 24.7. The third-order valence-corrected chi connectivity index (χ3v) is 7.19. The highest BCUT2D eigenvalue weighted by Gasteiger charge is 2.32. The van der Waals surface area contributed by atoms with Crippen LogP contribution in [0, 0.1) is 6.92 Å². The van der Waals surface area contributed by atoms with Crippen LogP contribution < -0.4 is 4.72 Å². The largest absolute Gasteiger partial charge is 0.465 e. The Morgan fingerprint density at radius 3 is 2.33 bits per heavy atom. The summed E-state index contributed by atoms with van der Waals surface area (Å²) in [5.74, 6) is -0.529. The lowest BCUT2D eigenvalue weighted by molar-refractivity contribution is -0.138. The number of esters is 1. The second-order valence-electron chi connectivity index (χ2n) is 7.04. The van der Waals surface area contributed by atoms with Crippen molar-refractivity contribution in [1.82, 2.24) is 0 Å². The number of rotatable bonds is 7. The average molecular weight is 496 g/mol. The molecule has 0 spiro atoms. The van der Waals surface area contributed by atoms with Crippen LogP contribution in [-0.2, 0) is 26.7 Å². The molecule has 1 N–H and O–H groups in total. The molecule has 5 nitrogen and oxygen atoms in total. The van der Waals surface area contributed by atoms with E-state index in [1.807, 2.05) is 0 Å². The van der Waals surface area contributed by atoms with Gasteiger partial charge >= 0.3 is 12.1 Å². The molecule has 10 heteroatoms. The topological polar surface area (TPSA) is 72.5 Å². The highest BCUT2D eigenvalue weighted by Crippen LogP contribution is 2.35. The number of carbonyl (C=O) groups excluding carboxylic acids is 1. The van der Waals surface area contributed by atoms with Gasteiger partial charge in [0.25, 0.3) is 10.0 Å². The molecule has 0 bridgehead atoms. The van der Waals surface area contributed by atoms with Crippen molar-refractivity contribution in [2.75, 3.05) is 11.8 Å². The summed E-state index contributed by atoms with van der Waals surface area (Å²) in [5.41, 5.74) is 0.489. The van der Waals surface area contributed by atoms with E-state index in [2.05, 4.69) is 9.46 Å². The molecule has 0 aliphatic heterocycles. The molecule has 0 fully saturated rings. The third-order valence-electron chi connectivity index (χ3n) is 4.75. The monoisotopic (exact) mass is 495 g/mol. The van der Waals surface area contributed by atoms with Crippen LogP contribution >= 0.6 is 11.8 Å². The van der Waals surface area contributed by atoms with E-state index in [4.69, 9.17) is 0 Å². The Labute approximate surface area is 194 Å². The van der Waals surface area contributed by atoms with Crippen LogP contribution in [0.2, 0.25) is 0 Å². The van der Waals surface area contributed by atoms with Gasteiger partial charge in [-0.05, 0) is 60.5 Å². The van der Waals surface area contributed by atoms with Gasteiger partial charge in [0, 0.05) is 16.3 Å². The van der Waals surface area contributed by atoms with E-state index in [0.29, 0.717) is 10.5 Å². The third kappa shape index (κ3) is 6.08. The number of halogens is 3. The maximum absolute atomic E-state index is 13.1. The lowest BCUT2D eigenvalue weighted by atomic mass is 10.1. The number of nitrogens with one attached hydrogen (secondary N) is 1. The number of hydrogen-bond acceptors (Lipinski definition) is 5. The van der Waals surface area contributed by atoms with E-state index in [0.717, 1.165) is 6.07 Å². The van der Waals surface area contributed by atoms with Crippen molar-refractivity contribution in [3.05, 3.63) is 89.0 Å². The fourth-order valence-corrected chi connectivity index (χ4v) is 5.00. The molecule has 0 saturated heterocycles. The van der Waals surface area contributed by atoms with Crippen LogP contribution in [-0.4, -0.2) is 21.5 Å². The molecule has 0 aliphatic carbocycles. The molecule has 0 aromatic heterocycles. The SMILES string of the molecule is COC(=O)c1cc(S(=O)(=O)Nc2ccc(SCc3ccccc3C(F)(F)F)cc2)ccc1C. The first-order valence-corrected chi connectivity index (χ1v) is 12.1. The highest BCUT2D eigenvalue weighted by molar-refractivity contribution is 7.98. The van der Waals surface area contributed by atoms with E-state index in [9.17, 15) is 26.4 Å². The fourth-order valence-electron chi connectivity index (χ4n) is 3.02. The number of aryl methyl sites for hydroxylation is 1. The minimum atomic E-state index is -4.43. The van der Waals surface area contributed by atoms with Gasteiger partial charge in [-0.1, -0.05) is 24.3 Å². The molecule has 0 unspecified atom stereocenters. The molecule has 33 heavy (non-hydrogen) atoms. The number of methoxy groups -OCH3 is 1. The first-order valence-electron chi connectivity index (χ1n) is 9.61. The predicted octanol–water partition coefficient (Wildman–Crippen LogP) is 5.89. The van der Waals surface area contributed by atoms with Crippen LogP contribution in [0.3, 0.4) is 0 Å². The van der Waals surface area contributed by atoms with Crippen LogP contribution in [0.5, 0.6) is 0 Å². The average Bonchev–Trinajstić information content (AvgIpc) is 2.77. The van der Waals surface area contributed by atoms with Crippen molar-refractivity contribution >= 4 is 33.4 Å². The predicted molar refractivity (Wildman–Crippen MR) is 121 cm³/mol. The Kier molecular flexibility index (Phi) is 7.38. The molecule has 174 valence electrons. The molecule has 3 rings (SSSR count). The summed E-state index contributed by atoms with van der Waals surface area (Å²) < 4.78 is 72.0. The van der Waals surface area contributed by atoms with Gasteiger partial charge in [0.1, 0.15) is 0 Å². The fraction of sp³-hybridized carbons (Fsp3) is 0.174. The van der Waals surface area contributed by atoms with Crippen molar-refractivity contribution in [3.63, 3.8) is 0 Å². The van der Waals surface area contributed by atoms with Crippen molar-refractivity contribution in [2.45, 2.75) is 28.6 Å². The number of benzene rings is 3. The lowest BCUT2D eigenvalue weighted by Crippen LogP contribution is -2.14. The Morgan fingerprint density at radius 1 is 1.03 bits per heavy atom. The minimum absolute atomic E-state index is 0.101. The van der Waals surface area contributed by atoms with Crippen LogP contribution in [0.15, 0.2) is 76.5 Å². The van der Waals surface area contributed by atoms with Gasteiger partial charge < -0.3 is 4.74 Å².